The molecule has 1 fully saturated rings. The van der Waals surface area contributed by atoms with Gasteiger partial charge in [0.15, 0.2) is 0 Å². The molecule has 0 saturated carbocycles. The van der Waals surface area contributed by atoms with Crippen LogP contribution in [0.15, 0.2) is 17.5 Å². The minimum absolute atomic E-state index is 0.165. The normalized spacial score (nSPS) is 23.8. The summed E-state index contributed by atoms with van der Waals surface area (Å²) in [6.45, 7) is 4.27. The van der Waals surface area contributed by atoms with Crippen molar-refractivity contribution >= 4 is 11.3 Å². The molecule has 1 saturated heterocycles. The summed E-state index contributed by atoms with van der Waals surface area (Å²) in [7, 11) is 0. The highest BCUT2D eigenvalue weighted by Crippen LogP contribution is 2.21. The molecule has 0 radical (unpaired) electrons. The average Bonchev–Trinajstić information content (AvgIpc) is 2.80. The molecule has 1 N–H and O–H groups in total. The molecule has 96 valence electrons. The Morgan fingerprint density at radius 3 is 3.12 bits per heavy atom. The van der Waals surface area contributed by atoms with Gasteiger partial charge in [-0.25, -0.2) is 0 Å². The number of thiophene rings is 1. The fraction of sp³-hybridized carbons (Fsp3) is 0.714. The molecule has 0 aliphatic carbocycles. The number of aliphatic hydroxyl groups excluding tert-OH is 1. The van der Waals surface area contributed by atoms with Gasteiger partial charge in [-0.3, -0.25) is 4.90 Å². The summed E-state index contributed by atoms with van der Waals surface area (Å²) in [5, 5.41) is 11.7. The van der Waals surface area contributed by atoms with Crippen LogP contribution in [0.2, 0.25) is 0 Å². The van der Waals surface area contributed by atoms with Gasteiger partial charge in [0.25, 0.3) is 0 Å². The van der Waals surface area contributed by atoms with E-state index in [4.69, 9.17) is 0 Å². The van der Waals surface area contributed by atoms with Crippen LogP contribution in [0.5, 0.6) is 0 Å². The zero-order valence-electron chi connectivity index (χ0n) is 10.6. The second kappa shape index (κ2) is 6.53. The van der Waals surface area contributed by atoms with E-state index >= 15 is 0 Å². The summed E-state index contributed by atoms with van der Waals surface area (Å²) < 4.78 is 0. The molecule has 17 heavy (non-hydrogen) atoms. The molecule has 0 bridgehead atoms. The van der Waals surface area contributed by atoms with Gasteiger partial charge in [-0.2, -0.15) is 0 Å². The van der Waals surface area contributed by atoms with E-state index in [0.717, 1.165) is 19.4 Å². The topological polar surface area (TPSA) is 23.5 Å². The van der Waals surface area contributed by atoms with Crippen molar-refractivity contribution < 1.29 is 5.11 Å². The van der Waals surface area contributed by atoms with Crippen molar-refractivity contribution in [1.82, 2.24) is 4.90 Å². The minimum atomic E-state index is -0.165. The number of nitrogens with zero attached hydrogens (tertiary/aromatic N) is 1. The van der Waals surface area contributed by atoms with E-state index in [0.29, 0.717) is 6.04 Å². The van der Waals surface area contributed by atoms with Gasteiger partial charge >= 0.3 is 0 Å². The number of piperidine rings is 1. The van der Waals surface area contributed by atoms with E-state index in [2.05, 4.69) is 22.4 Å². The van der Waals surface area contributed by atoms with E-state index in [9.17, 15) is 5.11 Å². The maximum Gasteiger partial charge on any atom is 0.0527 e. The first-order chi connectivity index (χ1) is 8.25. The molecule has 2 atom stereocenters. The Labute approximate surface area is 108 Å². The number of hydrogen-bond acceptors (Lipinski definition) is 3. The van der Waals surface area contributed by atoms with E-state index < -0.39 is 0 Å². The average molecular weight is 253 g/mol. The molecule has 3 heteroatoms. The third-order valence-corrected chi connectivity index (χ3v) is 4.52. The smallest absolute Gasteiger partial charge is 0.0527 e. The van der Waals surface area contributed by atoms with Crippen molar-refractivity contribution in [3.63, 3.8) is 0 Å². The highest BCUT2D eigenvalue weighted by molar-refractivity contribution is 7.09. The predicted octanol–water partition coefficient (Wildman–Crippen LogP) is 2.92. The lowest BCUT2D eigenvalue weighted by Gasteiger charge is -2.36. The summed E-state index contributed by atoms with van der Waals surface area (Å²) >= 11 is 1.85. The van der Waals surface area contributed by atoms with Gasteiger partial charge in [-0.05, 0) is 50.6 Å². The SMILES string of the molecule is CC(O)CC1CCCCN1CCc1cccs1. The van der Waals surface area contributed by atoms with Crippen molar-refractivity contribution in [3.8, 4) is 0 Å². The lowest BCUT2D eigenvalue weighted by Crippen LogP contribution is -2.42. The van der Waals surface area contributed by atoms with Gasteiger partial charge in [0.2, 0.25) is 0 Å². The fourth-order valence-corrected chi connectivity index (χ4v) is 3.42. The number of rotatable bonds is 5. The molecular formula is C14H23NOS. The Kier molecular flexibility index (Phi) is 5.01. The molecule has 2 nitrogen and oxygen atoms in total. The van der Waals surface area contributed by atoms with Crippen LogP contribution in [0.4, 0.5) is 0 Å². The summed E-state index contributed by atoms with van der Waals surface area (Å²) in [5.41, 5.74) is 0. The van der Waals surface area contributed by atoms with Crippen LogP contribution in [-0.2, 0) is 6.42 Å². The van der Waals surface area contributed by atoms with Gasteiger partial charge in [-0.1, -0.05) is 12.5 Å². The summed E-state index contributed by atoms with van der Waals surface area (Å²) in [4.78, 5) is 4.06. The van der Waals surface area contributed by atoms with Crippen LogP contribution < -0.4 is 0 Å². The second-order valence-electron chi connectivity index (χ2n) is 5.10. The zero-order valence-corrected chi connectivity index (χ0v) is 11.5. The molecule has 0 spiro atoms. The van der Waals surface area contributed by atoms with E-state index in [1.54, 1.807) is 0 Å². The van der Waals surface area contributed by atoms with Crippen LogP contribution in [0, 0.1) is 0 Å². The van der Waals surface area contributed by atoms with Crippen LogP contribution >= 0.6 is 11.3 Å². The molecule has 1 aromatic heterocycles. The van der Waals surface area contributed by atoms with Crippen LogP contribution in [0.25, 0.3) is 0 Å². The quantitative estimate of drug-likeness (QED) is 0.872. The fourth-order valence-electron chi connectivity index (χ4n) is 2.72. The van der Waals surface area contributed by atoms with E-state index in [1.165, 1.54) is 30.7 Å². The van der Waals surface area contributed by atoms with Gasteiger partial charge in [0.05, 0.1) is 6.10 Å². The Morgan fingerprint density at radius 2 is 2.41 bits per heavy atom. The second-order valence-corrected chi connectivity index (χ2v) is 6.13. The van der Waals surface area contributed by atoms with Gasteiger partial charge < -0.3 is 5.11 Å². The summed E-state index contributed by atoms with van der Waals surface area (Å²) in [5.74, 6) is 0. The zero-order chi connectivity index (χ0) is 12.1. The van der Waals surface area contributed by atoms with Gasteiger partial charge in [0, 0.05) is 17.5 Å². The highest BCUT2D eigenvalue weighted by Gasteiger charge is 2.23. The molecule has 2 rings (SSSR count). The lowest BCUT2D eigenvalue weighted by molar-refractivity contribution is 0.0879. The van der Waals surface area contributed by atoms with Crippen molar-refractivity contribution in [3.05, 3.63) is 22.4 Å². The predicted molar refractivity (Wildman–Crippen MR) is 73.5 cm³/mol. The molecule has 0 aromatic carbocycles. The maximum absolute atomic E-state index is 9.55. The van der Waals surface area contributed by atoms with Crippen LogP contribution in [0.1, 0.15) is 37.5 Å². The van der Waals surface area contributed by atoms with Gasteiger partial charge in [0.1, 0.15) is 0 Å². The monoisotopic (exact) mass is 253 g/mol. The Balaban J connectivity index is 1.83. The highest BCUT2D eigenvalue weighted by atomic mass is 32.1. The molecular weight excluding hydrogens is 230 g/mol. The molecule has 2 unspecified atom stereocenters. The van der Waals surface area contributed by atoms with E-state index in [-0.39, 0.29) is 6.10 Å². The first-order valence-corrected chi connectivity index (χ1v) is 7.58. The minimum Gasteiger partial charge on any atom is -0.393 e. The number of likely N-dealkylation sites (tertiary alicyclic amines) is 1. The first kappa shape index (κ1) is 13.1. The summed E-state index contributed by atoms with van der Waals surface area (Å²) in [6, 6.07) is 4.95. The maximum atomic E-state index is 9.55. The van der Waals surface area contributed by atoms with Crippen molar-refractivity contribution in [1.29, 1.82) is 0 Å². The lowest BCUT2D eigenvalue weighted by atomic mass is 9.97. The molecule has 1 aliphatic rings. The number of aliphatic hydroxyl groups is 1. The first-order valence-electron chi connectivity index (χ1n) is 6.70. The molecule has 2 heterocycles. The largest absolute Gasteiger partial charge is 0.393 e. The van der Waals surface area contributed by atoms with Gasteiger partial charge in [-0.15, -0.1) is 11.3 Å². The standard InChI is InChI=1S/C14H23NOS/c1-12(16)11-13-5-2-3-8-15(13)9-7-14-6-4-10-17-14/h4,6,10,12-13,16H,2-3,5,7-9,11H2,1H3. The Bertz CT molecular complexity index is 310. The Morgan fingerprint density at radius 1 is 1.53 bits per heavy atom. The molecule has 0 amide bonds. The van der Waals surface area contributed by atoms with Crippen molar-refractivity contribution in [2.45, 2.75) is 51.2 Å². The number of hydrogen-bond donors (Lipinski definition) is 1. The van der Waals surface area contributed by atoms with Crippen LogP contribution in [-0.4, -0.2) is 35.2 Å². The van der Waals surface area contributed by atoms with Crippen molar-refractivity contribution in [2.24, 2.45) is 0 Å². The Hall–Kier alpha value is -0.380. The third-order valence-electron chi connectivity index (χ3n) is 3.59. The third kappa shape index (κ3) is 4.09. The summed E-state index contributed by atoms with van der Waals surface area (Å²) in [6.07, 6.45) is 5.84. The molecule has 1 aromatic rings. The van der Waals surface area contributed by atoms with Crippen LogP contribution in [0.3, 0.4) is 0 Å². The molecule has 1 aliphatic heterocycles. The van der Waals surface area contributed by atoms with E-state index in [1.807, 2.05) is 18.3 Å². The van der Waals surface area contributed by atoms with Crippen molar-refractivity contribution in [2.75, 3.05) is 13.1 Å².